The third-order valence-electron chi connectivity index (χ3n) is 3.02. The Kier molecular flexibility index (Phi) is 8.82. The SMILES string of the molecule is CSCCCCCCNCc1ccc(C)c(Br)c1. The Hall–Kier alpha value is 0.01000. The lowest BCUT2D eigenvalue weighted by Crippen LogP contribution is -2.14. The van der Waals surface area contributed by atoms with Crippen molar-refractivity contribution < 1.29 is 0 Å². The van der Waals surface area contributed by atoms with Gasteiger partial charge in [-0.15, -0.1) is 0 Å². The quantitative estimate of drug-likeness (QED) is 0.655. The van der Waals surface area contributed by atoms with Crippen molar-refractivity contribution in [2.75, 3.05) is 18.6 Å². The van der Waals surface area contributed by atoms with Crippen LogP contribution < -0.4 is 5.32 Å². The maximum absolute atomic E-state index is 3.57. The maximum Gasteiger partial charge on any atom is 0.0207 e. The van der Waals surface area contributed by atoms with Gasteiger partial charge < -0.3 is 5.32 Å². The van der Waals surface area contributed by atoms with E-state index in [-0.39, 0.29) is 0 Å². The van der Waals surface area contributed by atoms with Crippen LogP contribution in [0.4, 0.5) is 0 Å². The van der Waals surface area contributed by atoms with Crippen LogP contribution in [0, 0.1) is 6.92 Å². The monoisotopic (exact) mass is 329 g/mol. The van der Waals surface area contributed by atoms with Crippen molar-refractivity contribution in [2.45, 2.75) is 39.2 Å². The molecule has 0 aliphatic rings. The van der Waals surface area contributed by atoms with Crippen LogP contribution in [-0.4, -0.2) is 18.6 Å². The molecular weight excluding hydrogens is 306 g/mol. The van der Waals surface area contributed by atoms with Crippen LogP contribution in [0.5, 0.6) is 0 Å². The van der Waals surface area contributed by atoms with Gasteiger partial charge in [0.2, 0.25) is 0 Å². The number of unbranched alkanes of at least 4 members (excludes halogenated alkanes) is 3. The summed E-state index contributed by atoms with van der Waals surface area (Å²) in [5.74, 6) is 1.31. The highest BCUT2D eigenvalue weighted by molar-refractivity contribution is 9.10. The molecule has 0 spiro atoms. The molecule has 1 N–H and O–H groups in total. The molecule has 1 nitrogen and oxygen atoms in total. The van der Waals surface area contributed by atoms with E-state index in [0.29, 0.717) is 0 Å². The van der Waals surface area contributed by atoms with Crippen molar-refractivity contribution in [1.82, 2.24) is 5.32 Å². The second-order valence-electron chi connectivity index (χ2n) is 4.67. The number of thioether (sulfide) groups is 1. The van der Waals surface area contributed by atoms with Gasteiger partial charge in [0.05, 0.1) is 0 Å². The lowest BCUT2D eigenvalue weighted by molar-refractivity contribution is 0.599. The summed E-state index contributed by atoms with van der Waals surface area (Å²) >= 11 is 5.52. The number of benzene rings is 1. The standard InChI is InChI=1S/C15H24BrNS/c1-13-7-8-14(11-15(13)16)12-17-9-5-3-4-6-10-18-2/h7-8,11,17H,3-6,9-10,12H2,1-2H3. The summed E-state index contributed by atoms with van der Waals surface area (Å²) in [6, 6.07) is 6.58. The number of halogens is 1. The fourth-order valence-electron chi connectivity index (χ4n) is 1.83. The van der Waals surface area contributed by atoms with Crippen LogP contribution >= 0.6 is 27.7 Å². The van der Waals surface area contributed by atoms with E-state index in [1.165, 1.54) is 47.0 Å². The van der Waals surface area contributed by atoms with Crippen molar-refractivity contribution in [3.8, 4) is 0 Å². The van der Waals surface area contributed by atoms with Gasteiger partial charge in [0.15, 0.2) is 0 Å². The van der Waals surface area contributed by atoms with Crippen molar-refractivity contribution >= 4 is 27.7 Å². The molecule has 0 fully saturated rings. The van der Waals surface area contributed by atoms with Gasteiger partial charge in [-0.3, -0.25) is 0 Å². The van der Waals surface area contributed by atoms with Gasteiger partial charge in [-0.2, -0.15) is 11.8 Å². The summed E-state index contributed by atoms with van der Waals surface area (Å²) in [7, 11) is 0. The molecule has 0 heterocycles. The third kappa shape index (κ3) is 6.81. The van der Waals surface area contributed by atoms with E-state index in [0.717, 1.165) is 13.1 Å². The molecule has 0 radical (unpaired) electrons. The molecule has 0 unspecified atom stereocenters. The first kappa shape index (κ1) is 16.1. The van der Waals surface area contributed by atoms with Gasteiger partial charge in [-0.05, 0) is 55.5 Å². The van der Waals surface area contributed by atoms with Crippen molar-refractivity contribution in [3.05, 3.63) is 33.8 Å². The van der Waals surface area contributed by atoms with Gasteiger partial charge in [0.25, 0.3) is 0 Å². The zero-order valence-electron chi connectivity index (χ0n) is 11.5. The Bertz CT molecular complexity index is 341. The Labute approximate surface area is 124 Å². The highest BCUT2D eigenvalue weighted by Crippen LogP contribution is 2.17. The molecule has 0 aliphatic carbocycles. The molecule has 0 aromatic heterocycles. The minimum Gasteiger partial charge on any atom is -0.313 e. The molecule has 0 bridgehead atoms. The summed E-state index contributed by atoms with van der Waals surface area (Å²) in [5, 5.41) is 3.51. The fraction of sp³-hybridized carbons (Fsp3) is 0.600. The minimum atomic E-state index is 0.976. The molecule has 0 amide bonds. The van der Waals surface area contributed by atoms with E-state index in [1.807, 2.05) is 11.8 Å². The van der Waals surface area contributed by atoms with Crippen molar-refractivity contribution in [1.29, 1.82) is 0 Å². The number of hydrogen-bond acceptors (Lipinski definition) is 2. The van der Waals surface area contributed by atoms with Crippen molar-refractivity contribution in [2.24, 2.45) is 0 Å². The average molecular weight is 330 g/mol. The number of hydrogen-bond donors (Lipinski definition) is 1. The predicted molar refractivity (Wildman–Crippen MR) is 87.4 cm³/mol. The second kappa shape index (κ2) is 9.88. The number of rotatable bonds is 9. The lowest BCUT2D eigenvalue weighted by Gasteiger charge is -2.06. The van der Waals surface area contributed by atoms with E-state index < -0.39 is 0 Å². The topological polar surface area (TPSA) is 12.0 Å². The molecule has 0 atom stereocenters. The number of aryl methyl sites for hydroxylation is 1. The zero-order chi connectivity index (χ0) is 13.2. The maximum atomic E-state index is 3.57. The average Bonchev–Trinajstić information content (AvgIpc) is 2.37. The summed E-state index contributed by atoms with van der Waals surface area (Å²) in [5.41, 5.74) is 2.66. The van der Waals surface area contributed by atoms with Gasteiger partial charge in [0, 0.05) is 11.0 Å². The Morgan fingerprint density at radius 3 is 2.67 bits per heavy atom. The highest BCUT2D eigenvalue weighted by Gasteiger charge is 1.97. The highest BCUT2D eigenvalue weighted by atomic mass is 79.9. The van der Waals surface area contributed by atoms with Crippen LogP contribution in [0.1, 0.15) is 36.8 Å². The molecule has 0 saturated carbocycles. The van der Waals surface area contributed by atoms with E-state index >= 15 is 0 Å². The van der Waals surface area contributed by atoms with Gasteiger partial charge >= 0.3 is 0 Å². The summed E-state index contributed by atoms with van der Waals surface area (Å²) in [4.78, 5) is 0. The molecule has 0 aliphatic heterocycles. The van der Waals surface area contributed by atoms with Gasteiger partial charge in [0.1, 0.15) is 0 Å². The smallest absolute Gasteiger partial charge is 0.0207 e. The molecule has 3 heteroatoms. The van der Waals surface area contributed by atoms with E-state index in [4.69, 9.17) is 0 Å². The minimum absolute atomic E-state index is 0.976. The fourth-order valence-corrected chi connectivity index (χ4v) is 2.75. The predicted octanol–water partition coefficient (Wildman–Crippen LogP) is 4.77. The Morgan fingerprint density at radius 1 is 1.17 bits per heavy atom. The first-order valence-electron chi connectivity index (χ1n) is 6.68. The van der Waals surface area contributed by atoms with Crippen LogP contribution in [0.3, 0.4) is 0 Å². The molecule has 1 rings (SSSR count). The van der Waals surface area contributed by atoms with E-state index in [2.05, 4.69) is 52.6 Å². The first-order chi connectivity index (χ1) is 8.74. The van der Waals surface area contributed by atoms with Crippen molar-refractivity contribution in [3.63, 3.8) is 0 Å². The molecular formula is C15H24BrNS. The molecule has 0 saturated heterocycles. The molecule has 1 aromatic carbocycles. The van der Waals surface area contributed by atoms with E-state index in [1.54, 1.807) is 0 Å². The largest absolute Gasteiger partial charge is 0.313 e. The first-order valence-corrected chi connectivity index (χ1v) is 8.87. The summed E-state index contributed by atoms with van der Waals surface area (Å²) < 4.78 is 1.21. The van der Waals surface area contributed by atoms with Crippen LogP contribution in [0.15, 0.2) is 22.7 Å². The molecule has 1 aromatic rings. The Balaban J connectivity index is 2.05. The van der Waals surface area contributed by atoms with Gasteiger partial charge in [-0.25, -0.2) is 0 Å². The summed E-state index contributed by atoms with van der Waals surface area (Å²) in [6.45, 7) is 4.23. The van der Waals surface area contributed by atoms with Crippen LogP contribution in [-0.2, 0) is 6.54 Å². The molecule has 18 heavy (non-hydrogen) atoms. The number of nitrogens with one attached hydrogen (secondary N) is 1. The van der Waals surface area contributed by atoms with Crippen LogP contribution in [0.2, 0.25) is 0 Å². The molecule has 102 valence electrons. The second-order valence-corrected chi connectivity index (χ2v) is 6.51. The van der Waals surface area contributed by atoms with E-state index in [9.17, 15) is 0 Å². The zero-order valence-corrected chi connectivity index (χ0v) is 13.9. The summed E-state index contributed by atoms with van der Waals surface area (Å²) in [6.07, 6.45) is 7.57. The normalized spacial score (nSPS) is 10.8. The lowest BCUT2D eigenvalue weighted by atomic mass is 10.1. The third-order valence-corrected chi connectivity index (χ3v) is 4.57. The Morgan fingerprint density at radius 2 is 1.94 bits per heavy atom. The van der Waals surface area contributed by atoms with Gasteiger partial charge in [-0.1, -0.05) is 40.9 Å². The van der Waals surface area contributed by atoms with Crippen LogP contribution in [0.25, 0.3) is 0 Å².